The molecule has 124 valence electrons. The number of aliphatic carboxylic acids is 1. The van der Waals surface area contributed by atoms with Gasteiger partial charge in [0.1, 0.15) is 30.3 Å². The Bertz CT molecular complexity index is 704. The lowest BCUT2D eigenvalue weighted by atomic mass is 10.0. The van der Waals surface area contributed by atoms with Gasteiger partial charge in [-0.25, -0.2) is 9.18 Å². The summed E-state index contributed by atoms with van der Waals surface area (Å²) in [5.74, 6) is -0.718. The van der Waals surface area contributed by atoms with Gasteiger partial charge >= 0.3 is 5.97 Å². The Morgan fingerprint density at radius 3 is 2.96 bits per heavy atom. The number of carbonyl (C=O) groups is 2. The number of β-lactam (4-membered cyclic amide) rings is 1. The summed E-state index contributed by atoms with van der Waals surface area (Å²) in [5.41, 5.74) is 12.0. The SMILES string of the molecule is Nc1cc[n+](CC2=C(C(=O)O)N3C(=O)[C@@H](N)[C@H]3SC2)n1CCF. The van der Waals surface area contributed by atoms with E-state index >= 15 is 0 Å². The van der Waals surface area contributed by atoms with Gasteiger partial charge in [0.25, 0.3) is 0 Å². The smallest absolute Gasteiger partial charge is 0.352 e. The van der Waals surface area contributed by atoms with Crippen molar-refractivity contribution >= 4 is 29.5 Å². The van der Waals surface area contributed by atoms with Gasteiger partial charge in [-0.2, -0.15) is 0 Å². The third kappa shape index (κ3) is 2.47. The van der Waals surface area contributed by atoms with E-state index in [1.54, 1.807) is 16.9 Å². The highest BCUT2D eigenvalue weighted by molar-refractivity contribution is 8.00. The minimum atomic E-state index is -1.16. The van der Waals surface area contributed by atoms with E-state index in [0.717, 1.165) is 0 Å². The minimum absolute atomic E-state index is 0.0282. The first-order valence-electron chi connectivity index (χ1n) is 7.02. The van der Waals surface area contributed by atoms with Gasteiger partial charge in [-0.3, -0.25) is 9.69 Å². The van der Waals surface area contributed by atoms with Crippen molar-refractivity contribution in [2.45, 2.75) is 24.5 Å². The van der Waals surface area contributed by atoms with Crippen molar-refractivity contribution in [1.82, 2.24) is 9.58 Å². The molecule has 1 aromatic rings. The van der Waals surface area contributed by atoms with Crippen molar-refractivity contribution in [3.63, 3.8) is 0 Å². The molecular formula is C13H17FN5O3S+. The fourth-order valence-electron chi connectivity index (χ4n) is 2.85. The number of amides is 1. The van der Waals surface area contributed by atoms with E-state index in [9.17, 15) is 19.1 Å². The number of thioether (sulfide) groups is 1. The van der Waals surface area contributed by atoms with E-state index in [1.165, 1.54) is 21.3 Å². The number of aromatic nitrogens is 2. The average Bonchev–Trinajstić information content (AvgIpc) is 2.87. The molecule has 3 rings (SSSR count). The quantitative estimate of drug-likeness (QED) is 0.462. The van der Waals surface area contributed by atoms with Gasteiger partial charge in [0, 0.05) is 11.3 Å². The zero-order valence-electron chi connectivity index (χ0n) is 12.2. The van der Waals surface area contributed by atoms with E-state index in [0.29, 0.717) is 17.1 Å². The number of halogens is 1. The summed E-state index contributed by atoms with van der Waals surface area (Å²) in [6, 6.07) is 0.967. The van der Waals surface area contributed by atoms with Crippen molar-refractivity contribution in [3.05, 3.63) is 23.5 Å². The van der Waals surface area contributed by atoms with Crippen molar-refractivity contribution < 1.29 is 23.8 Å². The summed E-state index contributed by atoms with van der Waals surface area (Å²) >= 11 is 1.43. The van der Waals surface area contributed by atoms with Crippen LogP contribution in [-0.2, 0) is 22.7 Å². The van der Waals surface area contributed by atoms with Crippen molar-refractivity contribution in [2.24, 2.45) is 5.73 Å². The molecule has 3 heterocycles. The molecule has 23 heavy (non-hydrogen) atoms. The van der Waals surface area contributed by atoms with Gasteiger partial charge < -0.3 is 16.6 Å². The second kappa shape index (κ2) is 5.85. The molecule has 1 saturated heterocycles. The maximum Gasteiger partial charge on any atom is 0.352 e. The number of nitrogens with two attached hydrogens (primary N) is 2. The highest BCUT2D eigenvalue weighted by Crippen LogP contribution is 2.39. The summed E-state index contributed by atoms with van der Waals surface area (Å²) in [6.07, 6.45) is 1.66. The first kappa shape index (κ1) is 15.8. The van der Waals surface area contributed by atoms with Gasteiger partial charge in [0.2, 0.25) is 5.91 Å². The Morgan fingerprint density at radius 2 is 2.30 bits per heavy atom. The molecule has 1 fully saturated rings. The Morgan fingerprint density at radius 1 is 1.57 bits per heavy atom. The maximum atomic E-state index is 12.6. The number of carbonyl (C=O) groups excluding carboxylic acids is 1. The topological polar surface area (TPSA) is 118 Å². The maximum absolute atomic E-state index is 12.6. The summed E-state index contributed by atoms with van der Waals surface area (Å²) < 4.78 is 15.8. The molecule has 0 spiro atoms. The van der Waals surface area contributed by atoms with Crippen LogP contribution in [0.1, 0.15) is 0 Å². The highest BCUT2D eigenvalue weighted by atomic mass is 32.2. The average molecular weight is 342 g/mol. The van der Waals surface area contributed by atoms with E-state index in [4.69, 9.17) is 11.5 Å². The van der Waals surface area contributed by atoms with Crippen LogP contribution < -0.4 is 16.1 Å². The lowest BCUT2D eigenvalue weighted by Gasteiger charge is -2.47. The number of carboxylic acids is 1. The molecular weight excluding hydrogens is 325 g/mol. The van der Waals surface area contributed by atoms with E-state index in [-0.39, 0.29) is 30.1 Å². The van der Waals surface area contributed by atoms with Gasteiger partial charge in [-0.05, 0) is 0 Å². The fraction of sp³-hybridized carbons (Fsp3) is 0.462. The predicted octanol–water partition coefficient (Wildman–Crippen LogP) is -1.09. The molecule has 2 aliphatic heterocycles. The summed E-state index contributed by atoms with van der Waals surface area (Å²) in [5, 5.41) is 9.16. The Kier molecular flexibility index (Phi) is 4.02. The van der Waals surface area contributed by atoms with Crippen molar-refractivity contribution in [2.75, 3.05) is 18.2 Å². The third-order valence-corrected chi connectivity index (χ3v) is 5.33. The molecule has 0 radical (unpaired) electrons. The summed E-state index contributed by atoms with van der Waals surface area (Å²) in [6.45, 7) is -0.282. The molecule has 0 aliphatic carbocycles. The van der Waals surface area contributed by atoms with E-state index in [1.807, 2.05) is 0 Å². The molecule has 2 aliphatic rings. The number of carboxylic acid groups (broad SMARTS) is 1. The summed E-state index contributed by atoms with van der Waals surface area (Å²) in [7, 11) is 0. The lowest BCUT2D eigenvalue weighted by molar-refractivity contribution is -0.767. The van der Waals surface area contributed by atoms with Crippen LogP contribution in [0.3, 0.4) is 0 Å². The molecule has 8 nitrogen and oxygen atoms in total. The van der Waals surface area contributed by atoms with Gasteiger partial charge in [0.05, 0.1) is 6.07 Å². The second-order valence-corrected chi connectivity index (χ2v) is 6.45. The molecule has 0 saturated carbocycles. The number of hydrogen-bond donors (Lipinski definition) is 3. The van der Waals surface area contributed by atoms with Gasteiger partial charge in [-0.15, -0.1) is 21.1 Å². The van der Waals surface area contributed by atoms with Crippen LogP contribution in [0.25, 0.3) is 0 Å². The number of fused-ring (bicyclic) bond motifs is 1. The molecule has 0 unspecified atom stereocenters. The number of rotatable bonds is 5. The van der Waals surface area contributed by atoms with Crippen LogP contribution in [0.2, 0.25) is 0 Å². The van der Waals surface area contributed by atoms with Crippen LogP contribution in [0.5, 0.6) is 0 Å². The first-order valence-corrected chi connectivity index (χ1v) is 8.07. The molecule has 5 N–H and O–H groups in total. The highest BCUT2D eigenvalue weighted by Gasteiger charge is 2.52. The number of anilines is 1. The van der Waals surface area contributed by atoms with Gasteiger partial charge in [0.15, 0.2) is 18.6 Å². The fourth-order valence-corrected chi connectivity index (χ4v) is 4.13. The molecule has 1 amide bonds. The lowest BCUT2D eigenvalue weighted by Crippen LogP contribution is -2.68. The summed E-state index contributed by atoms with van der Waals surface area (Å²) in [4.78, 5) is 24.7. The van der Waals surface area contributed by atoms with Crippen LogP contribution in [-0.4, -0.2) is 50.4 Å². The molecule has 0 bridgehead atoms. The van der Waals surface area contributed by atoms with Crippen LogP contribution in [0.15, 0.2) is 23.5 Å². The van der Waals surface area contributed by atoms with Gasteiger partial charge in [-0.1, -0.05) is 0 Å². The first-order chi connectivity index (χ1) is 11.0. The Labute approximate surface area is 135 Å². The largest absolute Gasteiger partial charge is 0.477 e. The van der Waals surface area contributed by atoms with Crippen LogP contribution >= 0.6 is 11.8 Å². The Hall–Kier alpha value is -2.07. The zero-order chi connectivity index (χ0) is 16.7. The molecule has 1 aromatic heterocycles. The van der Waals surface area contributed by atoms with Crippen molar-refractivity contribution in [1.29, 1.82) is 0 Å². The Balaban J connectivity index is 1.94. The number of hydrogen-bond acceptors (Lipinski definition) is 5. The molecule has 10 heteroatoms. The number of nitrogens with zero attached hydrogens (tertiary/aromatic N) is 3. The van der Waals surface area contributed by atoms with E-state index < -0.39 is 18.7 Å². The molecule has 0 aromatic carbocycles. The van der Waals surface area contributed by atoms with Crippen LogP contribution in [0, 0.1) is 0 Å². The van der Waals surface area contributed by atoms with Crippen molar-refractivity contribution in [3.8, 4) is 0 Å². The zero-order valence-corrected chi connectivity index (χ0v) is 13.0. The number of alkyl halides is 1. The monoisotopic (exact) mass is 342 g/mol. The normalized spacial score (nSPS) is 23.7. The molecule has 2 atom stereocenters. The van der Waals surface area contributed by atoms with E-state index in [2.05, 4.69) is 0 Å². The standard InChI is InChI=1S/C13H16FN5O3S/c14-2-4-18-8(15)1-3-17(18)5-7-6-23-12-9(16)11(20)19(12)10(7)13(21)22/h1,3,9,12,15H,2,4-6,16H2,(H,21,22)/p+1/t9-,12-/m1/s1. The second-order valence-electron chi connectivity index (χ2n) is 5.34. The number of nitrogen functional groups attached to an aromatic ring is 1. The third-order valence-electron chi connectivity index (χ3n) is 3.97. The van der Waals surface area contributed by atoms with Crippen LogP contribution in [0.4, 0.5) is 10.2 Å². The predicted molar refractivity (Wildman–Crippen MR) is 80.7 cm³/mol. The minimum Gasteiger partial charge on any atom is -0.477 e.